The molecule has 29 heavy (non-hydrogen) atoms. The van der Waals surface area contributed by atoms with Crippen LogP contribution in [0.5, 0.6) is 0 Å². The smallest absolute Gasteiger partial charge is 0.232 e. The van der Waals surface area contributed by atoms with Gasteiger partial charge in [0.15, 0.2) is 11.5 Å². The minimum atomic E-state index is -0.586. The van der Waals surface area contributed by atoms with Crippen LogP contribution < -0.4 is 5.32 Å². The van der Waals surface area contributed by atoms with Gasteiger partial charge in [-0.1, -0.05) is 29.8 Å². The average molecular weight is 407 g/mol. The maximum absolute atomic E-state index is 14.4. The molecule has 144 valence electrons. The van der Waals surface area contributed by atoms with Crippen LogP contribution in [0.1, 0.15) is 19.4 Å². The number of nitriles is 1. The molecule has 0 spiro atoms. The van der Waals surface area contributed by atoms with Crippen molar-refractivity contribution < 1.29 is 4.39 Å². The maximum atomic E-state index is 14.4. The molecule has 4 rings (SSSR count). The largest absolute Gasteiger partial charge is 0.324 e. The molecule has 0 amide bonds. The molecular weight excluding hydrogens is 391 g/mol. The van der Waals surface area contributed by atoms with Crippen LogP contribution in [0, 0.1) is 17.1 Å². The number of fused-ring (bicyclic) bond motifs is 1. The van der Waals surface area contributed by atoms with Crippen molar-refractivity contribution >= 4 is 28.9 Å². The van der Waals surface area contributed by atoms with E-state index in [0.717, 1.165) is 11.3 Å². The van der Waals surface area contributed by atoms with Gasteiger partial charge in [0.05, 0.1) is 28.3 Å². The van der Waals surface area contributed by atoms with Crippen molar-refractivity contribution in [2.24, 2.45) is 0 Å². The fourth-order valence-corrected chi connectivity index (χ4v) is 3.14. The second kappa shape index (κ2) is 7.15. The number of hydrogen-bond acceptors (Lipinski definition) is 5. The number of nitrogens with one attached hydrogen (secondary N) is 1. The minimum absolute atomic E-state index is 0.132. The summed E-state index contributed by atoms with van der Waals surface area (Å²) in [6.07, 6.45) is 1.58. The number of aromatic nitrogens is 4. The Balaban J connectivity index is 1.77. The molecule has 0 saturated heterocycles. The minimum Gasteiger partial charge on any atom is -0.324 e. The molecule has 1 N–H and O–H groups in total. The Morgan fingerprint density at radius 2 is 1.86 bits per heavy atom. The van der Waals surface area contributed by atoms with E-state index in [9.17, 15) is 9.65 Å². The van der Waals surface area contributed by atoms with E-state index in [1.54, 1.807) is 18.3 Å². The van der Waals surface area contributed by atoms with Crippen molar-refractivity contribution in [3.63, 3.8) is 0 Å². The van der Waals surface area contributed by atoms with Gasteiger partial charge in [-0.05, 0) is 43.7 Å². The number of rotatable bonds is 4. The number of benzene rings is 2. The summed E-state index contributed by atoms with van der Waals surface area (Å²) in [5.41, 5.74) is 1.68. The third-order valence-corrected chi connectivity index (χ3v) is 4.90. The zero-order chi connectivity index (χ0) is 20.6. The van der Waals surface area contributed by atoms with Gasteiger partial charge in [0, 0.05) is 11.8 Å². The van der Waals surface area contributed by atoms with Crippen LogP contribution >= 0.6 is 11.6 Å². The number of anilines is 2. The van der Waals surface area contributed by atoms with E-state index >= 15 is 0 Å². The van der Waals surface area contributed by atoms with E-state index in [2.05, 4.69) is 26.5 Å². The summed E-state index contributed by atoms with van der Waals surface area (Å²) in [4.78, 5) is 8.82. The second-order valence-corrected chi connectivity index (χ2v) is 7.42. The first-order valence-electron chi connectivity index (χ1n) is 8.84. The summed E-state index contributed by atoms with van der Waals surface area (Å²) in [7, 11) is 0. The van der Waals surface area contributed by atoms with Gasteiger partial charge in [0.25, 0.3) is 0 Å². The lowest BCUT2D eigenvalue weighted by Gasteiger charge is -2.16. The molecular formula is C21H16ClFN6. The molecule has 8 heteroatoms. The van der Waals surface area contributed by atoms with Gasteiger partial charge in [-0.15, -0.1) is 0 Å². The van der Waals surface area contributed by atoms with Crippen LogP contribution in [0.2, 0.25) is 5.02 Å². The highest BCUT2D eigenvalue weighted by atomic mass is 35.5. The molecule has 2 heterocycles. The van der Waals surface area contributed by atoms with Gasteiger partial charge >= 0.3 is 0 Å². The molecule has 0 unspecified atom stereocenters. The molecule has 2 aromatic heterocycles. The molecule has 0 fully saturated rings. The Labute approximate surface area is 171 Å². The average Bonchev–Trinajstić information content (AvgIpc) is 3.17. The molecule has 0 atom stereocenters. The molecule has 0 saturated carbocycles. The van der Waals surface area contributed by atoms with Crippen LogP contribution in [-0.2, 0) is 5.41 Å². The standard InChI is InChI=1S/C21H16ClFN6/c1-21(2,12-24)13-6-8-14(9-7-13)26-20-28-19(27-17-10-11-25-29(17)20)18-15(22)4-3-5-16(18)23/h3-11H,1-2H3,(H,26,27,28). The number of nitrogens with zero attached hydrogens (tertiary/aromatic N) is 5. The van der Waals surface area contributed by atoms with Crippen molar-refractivity contribution in [2.75, 3.05) is 5.32 Å². The number of hydrogen-bond donors (Lipinski definition) is 1. The van der Waals surface area contributed by atoms with E-state index in [1.165, 1.54) is 16.6 Å². The lowest BCUT2D eigenvalue weighted by molar-refractivity contribution is 0.630. The molecule has 0 aliphatic heterocycles. The van der Waals surface area contributed by atoms with Crippen molar-refractivity contribution in [3.8, 4) is 17.5 Å². The zero-order valence-corrected chi connectivity index (χ0v) is 16.4. The summed E-state index contributed by atoms with van der Waals surface area (Å²) in [6.45, 7) is 3.72. The molecule has 2 aromatic carbocycles. The quantitative estimate of drug-likeness (QED) is 0.508. The second-order valence-electron chi connectivity index (χ2n) is 7.01. The van der Waals surface area contributed by atoms with Gasteiger partial charge in [0.1, 0.15) is 5.82 Å². The molecule has 0 bridgehead atoms. The lowest BCUT2D eigenvalue weighted by atomic mass is 9.86. The van der Waals surface area contributed by atoms with Gasteiger partial charge in [-0.3, -0.25) is 0 Å². The van der Waals surface area contributed by atoms with Crippen LogP contribution in [-0.4, -0.2) is 19.6 Å². The Morgan fingerprint density at radius 1 is 1.10 bits per heavy atom. The Morgan fingerprint density at radius 3 is 2.55 bits per heavy atom. The van der Waals surface area contributed by atoms with Crippen molar-refractivity contribution in [3.05, 3.63) is 71.1 Å². The normalized spacial score (nSPS) is 11.4. The van der Waals surface area contributed by atoms with E-state index < -0.39 is 11.2 Å². The topological polar surface area (TPSA) is 78.9 Å². The van der Waals surface area contributed by atoms with Crippen LogP contribution in [0.3, 0.4) is 0 Å². The SMILES string of the molecule is CC(C)(C#N)c1ccc(Nc2nc(-c3c(F)cccc3Cl)nc3ccnn23)cc1. The highest BCUT2D eigenvalue weighted by Gasteiger charge is 2.20. The highest BCUT2D eigenvalue weighted by molar-refractivity contribution is 6.33. The third-order valence-electron chi connectivity index (χ3n) is 4.58. The molecule has 6 nitrogen and oxygen atoms in total. The fourth-order valence-electron chi connectivity index (χ4n) is 2.89. The predicted molar refractivity (Wildman–Crippen MR) is 110 cm³/mol. The van der Waals surface area contributed by atoms with Gasteiger partial charge in [-0.2, -0.15) is 19.9 Å². The van der Waals surface area contributed by atoms with Crippen LogP contribution in [0.4, 0.5) is 16.0 Å². The fraction of sp³-hybridized carbons (Fsp3) is 0.143. The molecule has 0 aliphatic rings. The van der Waals surface area contributed by atoms with E-state index in [4.69, 9.17) is 11.6 Å². The van der Waals surface area contributed by atoms with Gasteiger partial charge in [-0.25, -0.2) is 9.37 Å². The maximum Gasteiger partial charge on any atom is 0.232 e. The predicted octanol–water partition coefficient (Wildman–Crippen LogP) is 5.13. The number of halogens is 2. The van der Waals surface area contributed by atoms with E-state index in [1.807, 2.05) is 38.1 Å². The summed E-state index contributed by atoms with van der Waals surface area (Å²) in [5.74, 6) is 0.0165. The summed E-state index contributed by atoms with van der Waals surface area (Å²) >= 11 is 6.19. The first-order valence-corrected chi connectivity index (χ1v) is 9.22. The lowest BCUT2D eigenvalue weighted by Crippen LogP contribution is -2.13. The third kappa shape index (κ3) is 3.50. The van der Waals surface area contributed by atoms with Crippen LogP contribution in [0.15, 0.2) is 54.7 Å². The van der Waals surface area contributed by atoms with Crippen molar-refractivity contribution in [1.29, 1.82) is 5.26 Å². The molecule has 0 aliphatic carbocycles. The van der Waals surface area contributed by atoms with Crippen LogP contribution in [0.25, 0.3) is 17.0 Å². The summed E-state index contributed by atoms with van der Waals surface area (Å²) in [5, 5.41) is 16.9. The Kier molecular flexibility index (Phi) is 4.65. The van der Waals surface area contributed by atoms with Gasteiger partial charge in [0.2, 0.25) is 5.95 Å². The highest BCUT2D eigenvalue weighted by Crippen LogP contribution is 2.30. The van der Waals surface area contributed by atoms with Gasteiger partial charge < -0.3 is 5.32 Å². The van der Waals surface area contributed by atoms with E-state index in [-0.39, 0.29) is 16.4 Å². The van der Waals surface area contributed by atoms with Crippen molar-refractivity contribution in [1.82, 2.24) is 19.6 Å². The first kappa shape index (κ1) is 18.8. The Hall–Kier alpha value is -3.50. The summed E-state index contributed by atoms with van der Waals surface area (Å²) < 4.78 is 15.9. The molecule has 4 aromatic rings. The Bertz CT molecular complexity index is 1220. The van der Waals surface area contributed by atoms with Crippen molar-refractivity contribution in [2.45, 2.75) is 19.3 Å². The molecule has 0 radical (unpaired) electrons. The monoisotopic (exact) mass is 406 g/mol. The zero-order valence-electron chi connectivity index (χ0n) is 15.7. The first-order chi connectivity index (χ1) is 13.9. The summed E-state index contributed by atoms with van der Waals surface area (Å²) in [6, 6.07) is 15.9. The van der Waals surface area contributed by atoms with E-state index in [0.29, 0.717) is 11.6 Å².